The third-order valence-electron chi connectivity index (χ3n) is 4.57. The van der Waals surface area contributed by atoms with E-state index < -0.39 is 0 Å². The topological polar surface area (TPSA) is 71.0 Å². The van der Waals surface area contributed by atoms with Crippen molar-refractivity contribution in [3.63, 3.8) is 0 Å². The Hall–Kier alpha value is -2.96. The van der Waals surface area contributed by atoms with Gasteiger partial charge in [-0.25, -0.2) is 9.98 Å². The molecule has 0 aliphatic carbocycles. The lowest BCUT2D eigenvalue weighted by molar-refractivity contribution is 0.354. The lowest BCUT2D eigenvalue weighted by Crippen LogP contribution is -2.36. The Bertz CT molecular complexity index is 773. The Labute approximate surface area is 174 Å². The second kappa shape index (κ2) is 11.8. The van der Waals surface area contributed by atoms with E-state index in [0.717, 1.165) is 48.3 Å². The van der Waals surface area contributed by atoms with Crippen LogP contribution < -0.4 is 25.0 Å². The number of methoxy groups -OCH3 is 2. The number of guanidine groups is 1. The summed E-state index contributed by atoms with van der Waals surface area (Å²) >= 11 is 0. The summed E-state index contributed by atoms with van der Waals surface area (Å²) in [5.74, 6) is 3.20. The van der Waals surface area contributed by atoms with Gasteiger partial charge in [0.1, 0.15) is 5.82 Å². The lowest BCUT2D eigenvalue weighted by atomic mass is 10.2. The van der Waals surface area contributed by atoms with Crippen LogP contribution in [0, 0.1) is 0 Å². The number of aromatic nitrogens is 1. The first-order valence-corrected chi connectivity index (χ1v) is 10.1. The summed E-state index contributed by atoms with van der Waals surface area (Å²) in [7, 11) is 3.27. The molecule has 2 N–H and O–H groups in total. The van der Waals surface area contributed by atoms with Crippen molar-refractivity contribution < 1.29 is 9.47 Å². The molecule has 0 aliphatic heterocycles. The first-order valence-electron chi connectivity index (χ1n) is 10.1. The van der Waals surface area contributed by atoms with Gasteiger partial charge in [0.05, 0.1) is 20.8 Å². The third-order valence-corrected chi connectivity index (χ3v) is 4.57. The van der Waals surface area contributed by atoms with Crippen molar-refractivity contribution in [1.29, 1.82) is 0 Å². The van der Waals surface area contributed by atoms with Crippen molar-refractivity contribution in [3.05, 3.63) is 47.7 Å². The van der Waals surface area contributed by atoms with E-state index in [0.29, 0.717) is 18.8 Å². The van der Waals surface area contributed by atoms with Crippen molar-refractivity contribution in [2.75, 3.05) is 38.8 Å². The summed E-state index contributed by atoms with van der Waals surface area (Å²) < 4.78 is 10.7. The molecule has 29 heavy (non-hydrogen) atoms. The predicted molar refractivity (Wildman–Crippen MR) is 119 cm³/mol. The van der Waals surface area contributed by atoms with Gasteiger partial charge in [-0.1, -0.05) is 12.1 Å². The minimum absolute atomic E-state index is 0.562. The van der Waals surface area contributed by atoms with E-state index in [-0.39, 0.29) is 0 Å². The summed E-state index contributed by atoms with van der Waals surface area (Å²) in [5.41, 5.74) is 2.16. The van der Waals surface area contributed by atoms with Crippen molar-refractivity contribution in [3.8, 4) is 11.5 Å². The average molecular weight is 400 g/mol. The summed E-state index contributed by atoms with van der Waals surface area (Å²) in [6.07, 6.45) is 1.90. The monoisotopic (exact) mass is 399 g/mol. The molecule has 0 saturated heterocycles. The van der Waals surface area contributed by atoms with E-state index in [9.17, 15) is 0 Å². The van der Waals surface area contributed by atoms with E-state index in [2.05, 4.69) is 51.5 Å². The predicted octanol–water partition coefficient (Wildman–Crippen LogP) is 3.20. The molecule has 7 heteroatoms. The molecule has 7 nitrogen and oxygen atoms in total. The van der Waals surface area contributed by atoms with Crippen LogP contribution in [0.2, 0.25) is 0 Å². The molecule has 0 bridgehead atoms. The van der Waals surface area contributed by atoms with Crippen LogP contribution in [0.5, 0.6) is 11.5 Å². The zero-order chi connectivity index (χ0) is 21.1. The van der Waals surface area contributed by atoms with Crippen LogP contribution in [0.3, 0.4) is 0 Å². The van der Waals surface area contributed by atoms with E-state index in [1.165, 1.54) is 0 Å². The number of nitrogens with one attached hydrogen (secondary N) is 2. The van der Waals surface area contributed by atoms with E-state index in [4.69, 9.17) is 9.47 Å². The zero-order valence-electron chi connectivity index (χ0n) is 18.2. The SMILES string of the molecule is CCNC(=NCc1ccc(N(CC)CC)nc1)NCc1ccc(OC)c(OC)c1. The molecule has 1 aromatic heterocycles. The standard InChI is InChI=1S/C22H33N5O2/c1-6-23-22(25-14-17-9-11-19(28-4)20(13-17)29-5)26-16-18-10-12-21(24-15-18)27(7-2)8-3/h9-13,15H,6-8,14,16H2,1-5H3,(H2,23,25,26). The Morgan fingerprint density at radius 3 is 2.28 bits per heavy atom. The molecule has 2 rings (SSSR count). The Kier molecular flexibility index (Phi) is 9.08. The Morgan fingerprint density at radius 1 is 0.966 bits per heavy atom. The second-order valence-corrected chi connectivity index (χ2v) is 6.43. The number of hydrogen-bond donors (Lipinski definition) is 2. The average Bonchev–Trinajstić information content (AvgIpc) is 2.77. The molecule has 0 amide bonds. The molecule has 0 saturated carbocycles. The molecular formula is C22H33N5O2. The summed E-state index contributed by atoms with van der Waals surface area (Å²) in [6.45, 7) is 10.2. The number of aliphatic imine (C=N–C) groups is 1. The molecule has 1 aromatic carbocycles. The van der Waals surface area contributed by atoms with Gasteiger partial charge in [0, 0.05) is 32.4 Å². The van der Waals surface area contributed by atoms with Crippen molar-refractivity contribution in [1.82, 2.24) is 15.6 Å². The highest BCUT2D eigenvalue weighted by atomic mass is 16.5. The maximum Gasteiger partial charge on any atom is 0.191 e. The normalized spacial score (nSPS) is 11.1. The molecule has 0 spiro atoms. The molecule has 0 unspecified atom stereocenters. The van der Waals surface area contributed by atoms with Gasteiger partial charge in [-0.2, -0.15) is 0 Å². The highest BCUT2D eigenvalue weighted by Crippen LogP contribution is 2.27. The minimum atomic E-state index is 0.562. The second-order valence-electron chi connectivity index (χ2n) is 6.43. The molecule has 1 heterocycles. The molecule has 158 valence electrons. The molecule has 2 aromatic rings. The summed E-state index contributed by atoms with van der Waals surface area (Å²) in [4.78, 5) is 11.5. The van der Waals surface area contributed by atoms with Crippen molar-refractivity contribution >= 4 is 11.8 Å². The number of benzene rings is 1. The van der Waals surface area contributed by atoms with Gasteiger partial charge in [0.2, 0.25) is 0 Å². The van der Waals surface area contributed by atoms with Gasteiger partial charge in [-0.05, 0) is 50.1 Å². The quantitative estimate of drug-likeness (QED) is 0.472. The van der Waals surface area contributed by atoms with E-state index >= 15 is 0 Å². The Morgan fingerprint density at radius 2 is 1.69 bits per heavy atom. The zero-order valence-corrected chi connectivity index (χ0v) is 18.2. The first kappa shape index (κ1) is 22.3. The van der Waals surface area contributed by atoms with E-state index in [1.807, 2.05) is 31.3 Å². The van der Waals surface area contributed by atoms with Gasteiger partial charge < -0.3 is 25.0 Å². The van der Waals surface area contributed by atoms with Crippen LogP contribution in [0.25, 0.3) is 0 Å². The van der Waals surface area contributed by atoms with Crippen molar-refractivity contribution in [2.45, 2.75) is 33.9 Å². The lowest BCUT2D eigenvalue weighted by Gasteiger charge is -2.19. The van der Waals surface area contributed by atoms with Crippen LogP contribution in [0.4, 0.5) is 5.82 Å². The maximum absolute atomic E-state index is 5.37. The fourth-order valence-electron chi connectivity index (χ4n) is 2.93. The largest absolute Gasteiger partial charge is 0.493 e. The highest BCUT2D eigenvalue weighted by molar-refractivity contribution is 5.79. The fraction of sp³-hybridized carbons (Fsp3) is 0.455. The summed E-state index contributed by atoms with van der Waals surface area (Å²) in [5, 5.41) is 6.63. The van der Waals surface area contributed by atoms with Crippen LogP contribution >= 0.6 is 0 Å². The Balaban J connectivity index is 2.01. The number of pyridine rings is 1. The van der Waals surface area contributed by atoms with Gasteiger partial charge >= 0.3 is 0 Å². The summed E-state index contributed by atoms with van der Waals surface area (Å²) in [6, 6.07) is 10.0. The van der Waals surface area contributed by atoms with Gasteiger partial charge in [-0.15, -0.1) is 0 Å². The molecule has 0 fully saturated rings. The van der Waals surface area contributed by atoms with Gasteiger partial charge in [0.25, 0.3) is 0 Å². The maximum atomic E-state index is 5.37. The fourth-order valence-corrected chi connectivity index (χ4v) is 2.93. The van der Waals surface area contributed by atoms with E-state index in [1.54, 1.807) is 14.2 Å². The van der Waals surface area contributed by atoms with Crippen LogP contribution in [0.15, 0.2) is 41.5 Å². The third kappa shape index (κ3) is 6.55. The number of ether oxygens (including phenoxy) is 2. The minimum Gasteiger partial charge on any atom is -0.493 e. The highest BCUT2D eigenvalue weighted by Gasteiger charge is 2.06. The van der Waals surface area contributed by atoms with Gasteiger partial charge in [-0.3, -0.25) is 0 Å². The number of hydrogen-bond acceptors (Lipinski definition) is 5. The number of anilines is 1. The van der Waals surface area contributed by atoms with Gasteiger partial charge in [0.15, 0.2) is 17.5 Å². The van der Waals surface area contributed by atoms with Crippen LogP contribution in [0.1, 0.15) is 31.9 Å². The van der Waals surface area contributed by atoms with Crippen molar-refractivity contribution in [2.24, 2.45) is 4.99 Å². The number of nitrogens with zero attached hydrogens (tertiary/aromatic N) is 3. The number of rotatable bonds is 10. The van der Waals surface area contributed by atoms with Crippen LogP contribution in [-0.2, 0) is 13.1 Å². The molecule has 0 atom stereocenters. The molecule has 0 aliphatic rings. The molecular weight excluding hydrogens is 366 g/mol. The molecule has 0 radical (unpaired) electrons. The smallest absolute Gasteiger partial charge is 0.191 e. The first-order chi connectivity index (χ1) is 14.1. The van der Waals surface area contributed by atoms with Crippen LogP contribution in [-0.4, -0.2) is 44.8 Å².